The molecule has 0 aliphatic carbocycles. The number of hydrogen-bond acceptors (Lipinski definition) is 5. The van der Waals surface area contributed by atoms with Gasteiger partial charge in [-0.25, -0.2) is 4.99 Å². The number of likely N-dealkylation sites (tertiary alicyclic amines) is 1. The van der Waals surface area contributed by atoms with Crippen LogP contribution in [0.1, 0.15) is 20.3 Å². The van der Waals surface area contributed by atoms with Crippen LogP contribution in [0.3, 0.4) is 0 Å². The van der Waals surface area contributed by atoms with Gasteiger partial charge in [0.15, 0.2) is 17.5 Å². The van der Waals surface area contributed by atoms with Gasteiger partial charge < -0.3 is 24.4 Å². The van der Waals surface area contributed by atoms with Crippen molar-refractivity contribution in [3.05, 3.63) is 24.3 Å². The van der Waals surface area contributed by atoms with Crippen LogP contribution in [0.15, 0.2) is 29.3 Å². The van der Waals surface area contributed by atoms with Crippen molar-refractivity contribution in [1.29, 1.82) is 0 Å². The van der Waals surface area contributed by atoms with Crippen LogP contribution in [0.2, 0.25) is 0 Å². The molecule has 0 saturated carbocycles. The number of benzene rings is 1. The van der Waals surface area contributed by atoms with Gasteiger partial charge in [0.25, 0.3) is 0 Å². The minimum absolute atomic E-state index is 0. The van der Waals surface area contributed by atoms with E-state index in [9.17, 15) is 0 Å². The number of halogens is 1. The molecule has 0 radical (unpaired) electrons. The van der Waals surface area contributed by atoms with Crippen molar-refractivity contribution in [2.24, 2.45) is 4.99 Å². The summed E-state index contributed by atoms with van der Waals surface area (Å²) < 4.78 is 16.9. The molecule has 7 nitrogen and oxygen atoms in total. The summed E-state index contributed by atoms with van der Waals surface area (Å²) in [7, 11) is 1.66. The Morgan fingerprint density at radius 3 is 2.66 bits per heavy atom. The molecule has 0 spiro atoms. The lowest BCUT2D eigenvalue weighted by atomic mass is 10.2. The molecule has 0 bridgehead atoms. The molecule has 2 atom stereocenters. The number of nitrogens with zero attached hydrogens (tertiary/aromatic N) is 3. The van der Waals surface area contributed by atoms with Crippen LogP contribution in [0.4, 0.5) is 0 Å². The van der Waals surface area contributed by atoms with E-state index in [0.717, 1.165) is 63.4 Å². The van der Waals surface area contributed by atoms with Gasteiger partial charge in [-0.15, -0.1) is 24.0 Å². The van der Waals surface area contributed by atoms with E-state index in [4.69, 9.17) is 19.2 Å². The molecule has 164 valence electrons. The van der Waals surface area contributed by atoms with Crippen LogP contribution < -0.4 is 14.8 Å². The zero-order valence-corrected chi connectivity index (χ0v) is 20.1. The normalized spacial score (nSPS) is 21.4. The van der Waals surface area contributed by atoms with Gasteiger partial charge in [0.2, 0.25) is 0 Å². The Hall–Kier alpha value is -1.26. The van der Waals surface area contributed by atoms with Gasteiger partial charge in [-0.05, 0) is 32.4 Å². The predicted octanol–water partition coefficient (Wildman–Crippen LogP) is 2.45. The number of hydrogen-bond donors (Lipinski definition) is 1. The highest BCUT2D eigenvalue weighted by atomic mass is 127. The van der Waals surface area contributed by atoms with Gasteiger partial charge in [-0.3, -0.25) is 4.90 Å². The van der Waals surface area contributed by atoms with Gasteiger partial charge in [-0.1, -0.05) is 12.1 Å². The Morgan fingerprint density at radius 1 is 1.24 bits per heavy atom. The molecule has 2 aliphatic rings. The first-order chi connectivity index (χ1) is 13.7. The third kappa shape index (κ3) is 6.89. The molecule has 2 aliphatic heterocycles. The molecule has 2 saturated heterocycles. The SMILES string of the molecule is CCNC(=NCC(C)Oc1ccccc1OC)N1CCC(N2CCOCC2)C1.I. The van der Waals surface area contributed by atoms with E-state index in [-0.39, 0.29) is 30.1 Å². The Kier molecular flexibility index (Phi) is 10.3. The molecule has 2 unspecified atom stereocenters. The van der Waals surface area contributed by atoms with Crippen LogP contribution in [0.25, 0.3) is 0 Å². The fourth-order valence-electron chi connectivity index (χ4n) is 3.79. The number of aliphatic imine (C=N–C) groups is 1. The molecule has 29 heavy (non-hydrogen) atoms. The zero-order chi connectivity index (χ0) is 19.8. The Bertz CT molecular complexity index is 640. The summed E-state index contributed by atoms with van der Waals surface area (Å²) in [5.74, 6) is 2.48. The highest BCUT2D eigenvalue weighted by Gasteiger charge is 2.30. The lowest BCUT2D eigenvalue weighted by molar-refractivity contribution is 0.0195. The number of guanidine groups is 1. The van der Waals surface area contributed by atoms with Crippen molar-refractivity contribution in [3.8, 4) is 11.5 Å². The van der Waals surface area contributed by atoms with E-state index in [2.05, 4.69) is 22.0 Å². The first-order valence-corrected chi connectivity index (χ1v) is 10.4. The maximum Gasteiger partial charge on any atom is 0.194 e. The molecular weight excluding hydrogens is 483 g/mol. The number of nitrogens with one attached hydrogen (secondary N) is 1. The fourth-order valence-corrected chi connectivity index (χ4v) is 3.79. The Morgan fingerprint density at radius 2 is 1.97 bits per heavy atom. The number of methoxy groups -OCH3 is 1. The molecule has 1 aromatic rings. The smallest absolute Gasteiger partial charge is 0.194 e. The molecule has 1 aromatic carbocycles. The minimum Gasteiger partial charge on any atom is -0.493 e. The summed E-state index contributed by atoms with van der Waals surface area (Å²) in [4.78, 5) is 9.78. The maximum absolute atomic E-state index is 6.04. The van der Waals surface area contributed by atoms with Gasteiger partial charge in [0.05, 0.1) is 26.9 Å². The van der Waals surface area contributed by atoms with E-state index < -0.39 is 0 Å². The lowest BCUT2D eigenvalue weighted by Gasteiger charge is -2.32. The van der Waals surface area contributed by atoms with Crippen molar-refractivity contribution in [2.45, 2.75) is 32.4 Å². The summed E-state index contributed by atoms with van der Waals surface area (Å²) in [5.41, 5.74) is 0. The van der Waals surface area contributed by atoms with E-state index in [1.807, 2.05) is 31.2 Å². The van der Waals surface area contributed by atoms with E-state index in [1.54, 1.807) is 7.11 Å². The number of para-hydroxylation sites is 2. The largest absolute Gasteiger partial charge is 0.493 e. The lowest BCUT2D eigenvalue weighted by Crippen LogP contribution is -2.46. The van der Waals surface area contributed by atoms with Gasteiger partial charge in [0.1, 0.15) is 6.10 Å². The number of morpholine rings is 1. The van der Waals surface area contributed by atoms with E-state index in [0.29, 0.717) is 12.6 Å². The van der Waals surface area contributed by atoms with Crippen LogP contribution in [0.5, 0.6) is 11.5 Å². The minimum atomic E-state index is -0.0393. The van der Waals surface area contributed by atoms with Gasteiger partial charge in [0, 0.05) is 38.8 Å². The molecule has 0 amide bonds. The molecular formula is C21H35IN4O3. The Balaban J connectivity index is 0.00000300. The molecule has 2 heterocycles. The highest BCUT2D eigenvalue weighted by molar-refractivity contribution is 14.0. The first kappa shape index (κ1) is 24.0. The van der Waals surface area contributed by atoms with Crippen LogP contribution >= 0.6 is 24.0 Å². The van der Waals surface area contributed by atoms with Crippen LogP contribution in [0, 0.1) is 0 Å². The number of rotatable bonds is 7. The molecule has 3 rings (SSSR count). The summed E-state index contributed by atoms with van der Waals surface area (Å²) in [6.45, 7) is 11.4. The molecule has 0 aromatic heterocycles. The van der Waals surface area contributed by atoms with Crippen molar-refractivity contribution >= 4 is 29.9 Å². The predicted molar refractivity (Wildman–Crippen MR) is 127 cm³/mol. The quantitative estimate of drug-likeness (QED) is 0.340. The number of ether oxygens (including phenoxy) is 3. The molecule has 2 fully saturated rings. The standard InChI is InChI=1S/C21H34N4O3.HI/c1-4-22-21(25-10-9-18(16-25)24-11-13-27-14-12-24)23-15-17(2)28-20-8-6-5-7-19(20)26-3;/h5-8,17-18H,4,9-16H2,1-3H3,(H,22,23);1H. The average molecular weight is 518 g/mol. The third-order valence-electron chi connectivity index (χ3n) is 5.26. The summed E-state index contributed by atoms with van der Waals surface area (Å²) in [6.07, 6.45) is 1.14. The highest BCUT2D eigenvalue weighted by Crippen LogP contribution is 2.26. The van der Waals surface area contributed by atoms with Crippen molar-refractivity contribution in [3.63, 3.8) is 0 Å². The van der Waals surface area contributed by atoms with Crippen molar-refractivity contribution in [1.82, 2.24) is 15.1 Å². The Labute approximate surface area is 191 Å². The van der Waals surface area contributed by atoms with Crippen molar-refractivity contribution < 1.29 is 14.2 Å². The zero-order valence-electron chi connectivity index (χ0n) is 17.8. The first-order valence-electron chi connectivity index (χ1n) is 10.4. The molecule has 1 N–H and O–H groups in total. The van der Waals surface area contributed by atoms with Gasteiger partial charge >= 0.3 is 0 Å². The van der Waals surface area contributed by atoms with Crippen LogP contribution in [-0.4, -0.2) is 87.5 Å². The average Bonchev–Trinajstić information content (AvgIpc) is 3.22. The summed E-state index contributed by atoms with van der Waals surface area (Å²) in [6, 6.07) is 8.32. The topological polar surface area (TPSA) is 58.6 Å². The fraction of sp³-hybridized carbons (Fsp3) is 0.667. The van der Waals surface area contributed by atoms with Gasteiger partial charge in [-0.2, -0.15) is 0 Å². The van der Waals surface area contributed by atoms with Crippen LogP contribution in [-0.2, 0) is 4.74 Å². The summed E-state index contributed by atoms with van der Waals surface area (Å²) >= 11 is 0. The van der Waals surface area contributed by atoms with E-state index in [1.165, 1.54) is 6.42 Å². The van der Waals surface area contributed by atoms with E-state index >= 15 is 0 Å². The molecule has 8 heteroatoms. The second-order valence-corrected chi connectivity index (χ2v) is 7.31. The second-order valence-electron chi connectivity index (χ2n) is 7.31. The monoisotopic (exact) mass is 518 g/mol. The van der Waals surface area contributed by atoms with Crippen molar-refractivity contribution in [2.75, 3.05) is 59.6 Å². The summed E-state index contributed by atoms with van der Waals surface area (Å²) in [5, 5.41) is 3.44. The second kappa shape index (κ2) is 12.4. The third-order valence-corrected chi connectivity index (χ3v) is 5.26. The maximum atomic E-state index is 6.04.